The molecule has 96 valence electrons. The lowest BCUT2D eigenvalue weighted by Crippen LogP contribution is -2.23. The number of fused-ring (bicyclic) bond motifs is 1. The predicted molar refractivity (Wildman–Crippen MR) is 65.5 cm³/mol. The number of nitrogens with zero attached hydrogens (tertiary/aromatic N) is 4. The minimum absolute atomic E-state index is 0.0480. The van der Waals surface area contributed by atoms with E-state index < -0.39 is 5.97 Å². The molecular weight excluding hydrogens is 234 g/mol. The van der Waals surface area contributed by atoms with Crippen LogP contribution in [0.3, 0.4) is 0 Å². The first-order valence-corrected chi connectivity index (χ1v) is 5.76. The van der Waals surface area contributed by atoms with Gasteiger partial charge >= 0.3 is 5.97 Å². The summed E-state index contributed by atoms with van der Waals surface area (Å²) in [5.41, 5.74) is 0.610. The second kappa shape index (κ2) is 4.99. The zero-order valence-corrected chi connectivity index (χ0v) is 10.3. The highest BCUT2D eigenvalue weighted by Crippen LogP contribution is 2.15. The zero-order chi connectivity index (χ0) is 13.1. The maximum absolute atomic E-state index is 10.7. The van der Waals surface area contributed by atoms with Crippen molar-refractivity contribution in [2.45, 2.75) is 32.7 Å². The Morgan fingerprint density at radius 2 is 2.33 bits per heavy atom. The first kappa shape index (κ1) is 12.3. The monoisotopic (exact) mass is 249 g/mol. The molecule has 1 atom stereocenters. The Labute approximate surface area is 104 Å². The van der Waals surface area contributed by atoms with Crippen LogP contribution >= 0.6 is 0 Å². The summed E-state index contributed by atoms with van der Waals surface area (Å²) in [4.78, 5) is 14.9. The van der Waals surface area contributed by atoms with Crippen LogP contribution in [0.5, 0.6) is 0 Å². The molecule has 2 aromatic rings. The summed E-state index contributed by atoms with van der Waals surface area (Å²) in [6.07, 6.45) is 4.15. The highest BCUT2D eigenvalue weighted by molar-refractivity contribution is 5.69. The smallest absolute Gasteiger partial charge is 0.305 e. The van der Waals surface area contributed by atoms with Crippen LogP contribution in [-0.4, -0.2) is 36.7 Å². The van der Waals surface area contributed by atoms with Crippen molar-refractivity contribution in [3.63, 3.8) is 0 Å². The zero-order valence-electron chi connectivity index (χ0n) is 10.3. The van der Waals surface area contributed by atoms with Gasteiger partial charge in [-0.3, -0.25) is 9.20 Å². The second-order valence-corrected chi connectivity index (χ2v) is 4.06. The molecule has 0 saturated carbocycles. The van der Waals surface area contributed by atoms with Crippen molar-refractivity contribution >= 4 is 17.4 Å². The lowest BCUT2D eigenvalue weighted by Gasteiger charge is -2.15. The number of carboxylic acid groups (broad SMARTS) is 1. The third kappa shape index (κ3) is 2.39. The molecule has 18 heavy (non-hydrogen) atoms. The molecule has 0 amide bonds. The number of carbonyl (C=O) groups is 1. The standard InChI is InChI=1S/C11H15N5O2/c1-3-8(6-9(17)18)13-10-11-15-14-7(2)16(11)5-4-12-10/h4-5,8H,3,6H2,1-2H3,(H,12,13)(H,17,18). The van der Waals surface area contributed by atoms with Crippen LogP contribution < -0.4 is 5.32 Å². The van der Waals surface area contributed by atoms with Gasteiger partial charge in [0.1, 0.15) is 5.82 Å². The van der Waals surface area contributed by atoms with Crippen LogP contribution in [0.1, 0.15) is 25.6 Å². The van der Waals surface area contributed by atoms with Crippen molar-refractivity contribution in [3.8, 4) is 0 Å². The van der Waals surface area contributed by atoms with Gasteiger partial charge in [-0.15, -0.1) is 10.2 Å². The van der Waals surface area contributed by atoms with E-state index in [-0.39, 0.29) is 12.5 Å². The van der Waals surface area contributed by atoms with Gasteiger partial charge in [-0.05, 0) is 13.3 Å². The number of carboxylic acids is 1. The summed E-state index contributed by atoms with van der Waals surface area (Å²) in [6.45, 7) is 3.77. The first-order valence-electron chi connectivity index (χ1n) is 5.76. The molecule has 2 rings (SSSR count). The van der Waals surface area contributed by atoms with E-state index in [0.717, 1.165) is 5.82 Å². The molecule has 1 unspecified atom stereocenters. The van der Waals surface area contributed by atoms with Crippen molar-refractivity contribution in [2.75, 3.05) is 5.32 Å². The van der Waals surface area contributed by atoms with Crippen molar-refractivity contribution in [1.82, 2.24) is 19.6 Å². The van der Waals surface area contributed by atoms with Gasteiger partial charge in [0, 0.05) is 18.4 Å². The van der Waals surface area contributed by atoms with Crippen LogP contribution in [0, 0.1) is 6.92 Å². The lowest BCUT2D eigenvalue weighted by atomic mass is 10.1. The Morgan fingerprint density at radius 1 is 1.56 bits per heavy atom. The van der Waals surface area contributed by atoms with Crippen molar-refractivity contribution in [3.05, 3.63) is 18.2 Å². The Bertz CT molecular complexity index is 566. The Hall–Kier alpha value is -2.18. The molecule has 2 N–H and O–H groups in total. The fourth-order valence-corrected chi connectivity index (χ4v) is 1.74. The number of aromatic nitrogens is 4. The molecule has 0 aliphatic carbocycles. The van der Waals surface area contributed by atoms with E-state index in [2.05, 4.69) is 20.5 Å². The number of nitrogens with one attached hydrogen (secondary N) is 1. The topological polar surface area (TPSA) is 92.4 Å². The molecule has 0 spiro atoms. The molecule has 0 aromatic carbocycles. The molecule has 0 fully saturated rings. The van der Waals surface area contributed by atoms with Gasteiger partial charge in [0.05, 0.1) is 6.42 Å². The van der Waals surface area contributed by atoms with E-state index in [1.807, 2.05) is 18.2 Å². The fourth-order valence-electron chi connectivity index (χ4n) is 1.74. The summed E-state index contributed by atoms with van der Waals surface area (Å²) in [7, 11) is 0. The SMILES string of the molecule is CCC(CC(=O)O)Nc1nccn2c(C)nnc12. The average Bonchev–Trinajstić information content (AvgIpc) is 2.71. The van der Waals surface area contributed by atoms with Crippen LogP contribution in [0.25, 0.3) is 5.65 Å². The van der Waals surface area contributed by atoms with Gasteiger partial charge in [-0.25, -0.2) is 4.98 Å². The highest BCUT2D eigenvalue weighted by atomic mass is 16.4. The van der Waals surface area contributed by atoms with Gasteiger partial charge in [0.25, 0.3) is 0 Å². The average molecular weight is 249 g/mol. The van der Waals surface area contributed by atoms with Gasteiger partial charge in [0.15, 0.2) is 5.82 Å². The number of hydrogen-bond donors (Lipinski definition) is 2. The second-order valence-electron chi connectivity index (χ2n) is 4.06. The number of rotatable bonds is 5. The number of anilines is 1. The summed E-state index contributed by atoms with van der Waals surface area (Å²) >= 11 is 0. The Kier molecular flexibility index (Phi) is 3.40. The maximum atomic E-state index is 10.7. The van der Waals surface area contributed by atoms with Crippen LogP contribution in [0.2, 0.25) is 0 Å². The van der Waals surface area contributed by atoms with Crippen LogP contribution in [-0.2, 0) is 4.79 Å². The molecule has 7 nitrogen and oxygen atoms in total. The van der Waals surface area contributed by atoms with E-state index in [9.17, 15) is 4.79 Å². The predicted octanol–water partition coefficient (Wildman–Crippen LogP) is 1.10. The van der Waals surface area contributed by atoms with E-state index in [1.165, 1.54) is 0 Å². The summed E-state index contributed by atoms with van der Waals surface area (Å²) in [5.74, 6) is 0.492. The van der Waals surface area contributed by atoms with Crippen molar-refractivity contribution < 1.29 is 9.90 Å². The molecule has 2 aromatic heterocycles. The normalized spacial score (nSPS) is 12.6. The van der Waals surface area contributed by atoms with E-state index in [0.29, 0.717) is 17.9 Å². The Morgan fingerprint density at radius 3 is 3.00 bits per heavy atom. The van der Waals surface area contributed by atoms with E-state index in [4.69, 9.17) is 5.11 Å². The Balaban J connectivity index is 2.28. The molecular formula is C11H15N5O2. The van der Waals surface area contributed by atoms with Gasteiger partial charge in [-0.2, -0.15) is 0 Å². The maximum Gasteiger partial charge on any atom is 0.305 e. The molecule has 0 bridgehead atoms. The van der Waals surface area contributed by atoms with E-state index >= 15 is 0 Å². The van der Waals surface area contributed by atoms with E-state index in [1.54, 1.807) is 12.4 Å². The van der Waals surface area contributed by atoms with Crippen LogP contribution in [0.4, 0.5) is 5.82 Å². The summed E-state index contributed by atoms with van der Waals surface area (Å²) in [5, 5.41) is 19.9. The molecule has 0 aliphatic heterocycles. The van der Waals surface area contributed by atoms with Gasteiger partial charge in [-0.1, -0.05) is 6.92 Å². The largest absolute Gasteiger partial charge is 0.481 e. The minimum Gasteiger partial charge on any atom is -0.481 e. The highest BCUT2D eigenvalue weighted by Gasteiger charge is 2.14. The molecule has 0 radical (unpaired) electrons. The summed E-state index contributed by atoms with van der Waals surface area (Å²) < 4.78 is 1.81. The lowest BCUT2D eigenvalue weighted by molar-refractivity contribution is -0.137. The molecule has 0 saturated heterocycles. The number of aryl methyl sites for hydroxylation is 1. The number of aliphatic carboxylic acids is 1. The third-order valence-electron chi connectivity index (χ3n) is 2.75. The summed E-state index contributed by atoms with van der Waals surface area (Å²) in [6, 6.07) is -0.168. The molecule has 0 aliphatic rings. The van der Waals surface area contributed by atoms with Crippen molar-refractivity contribution in [1.29, 1.82) is 0 Å². The van der Waals surface area contributed by atoms with Crippen molar-refractivity contribution in [2.24, 2.45) is 0 Å². The third-order valence-corrected chi connectivity index (χ3v) is 2.75. The fraction of sp³-hybridized carbons (Fsp3) is 0.455. The minimum atomic E-state index is -0.834. The van der Waals surface area contributed by atoms with Gasteiger partial charge in [0.2, 0.25) is 5.65 Å². The molecule has 2 heterocycles. The van der Waals surface area contributed by atoms with Gasteiger partial charge < -0.3 is 10.4 Å². The number of hydrogen-bond acceptors (Lipinski definition) is 5. The first-order chi connectivity index (χ1) is 8.61. The van der Waals surface area contributed by atoms with Crippen LogP contribution in [0.15, 0.2) is 12.4 Å². The quantitative estimate of drug-likeness (QED) is 0.824. The molecule has 7 heteroatoms.